The largest absolute Gasteiger partial charge is 0.310 e. The number of hydrogen-bond donors (Lipinski definition) is 1. The van der Waals surface area contributed by atoms with Crippen LogP contribution in [-0.2, 0) is 6.54 Å². The topological polar surface area (TPSA) is 35.8 Å². The van der Waals surface area contributed by atoms with Crippen LogP contribution in [0.2, 0.25) is 0 Å². The molecule has 0 spiro atoms. The third kappa shape index (κ3) is 2.12. The average molecular weight is 186 g/mol. The van der Waals surface area contributed by atoms with Gasteiger partial charge >= 0.3 is 0 Å². The van der Waals surface area contributed by atoms with Crippen LogP contribution in [0.1, 0.15) is 24.5 Å². The second kappa shape index (κ2) is 3.81. The first-order valence-electron chi connectivity index (χ1n) is 5.02. The third-order valence-electron chi connectivity index (χ3n) is 2.76. The standard InChI is InChI=1S/C12H14N2/c1-9-6-12(9)14-8-11-4-2-10(7-13)3-5-11/h2-5,9,12,14H,6,8H2,1H3. The van der Waals surface area contributed by atoms with Crippen molar-refractivity contribution >= 4 is 0 Å². The van der Waals surface area contributed by atoms with Crippen molar-refractivity contribution in [3.63, 3.8) is 0 Å². The van der Waals surface area contributed by atoms with Crippen molar-refractivity contribution in [2.75, 3.05) is 0 Å². The smallest absolute Gasteiger partial charge is 0.0991 e. The fourth-order valence-electron chi connectivity index (χ4n) is 1.55. The van der Waals surface area contributed by atoms with E-state index in [2.05, 4.69) is 18.3 Å². The first-order valence-corrected chi connectivity index (χ1v) is 5.02. The second-order valence-electron chi connectivity index (χ2n) is 4.01. The van der Waals surface area contributed by atoms with E-state index in [0.29, 0.717) is 6.04 Å². The van der Waals surface area contributed by atoms with E-state index in [1.54, 1.807) is 0 Å². The van der Waals surface area contributed by atoms with Gasteiger partial charge in [0.05, 0.1) is 11.6 Å². The highest BCUT2D eigenvalue weighted by Crippen LogP contribution is 2.29. The minimum Gasteiger partial charge on any atom is -0.310 e. The fourth-order valence-corrected chi connectivity index (χ4v) is 1.55. The molecule has 0 heterocycles. The van der Waals surface area contributed by atoms with Crippen molar-refractivity contribution in [3.8, 4) is 6.07 Å². The van der Waals surface area contributed by atoms with Gasteiger partial charge in [-0.1, -0.05) is 19.1 Å². The van der Waals surface area contributed by atoms with Gasteiger partial charge in [0.2, 0.25) is 0 Å². The highest BCUT2D eigenvalue weighted by molar-refractivity contribution is 5.31. The number of nitriles is 1. The van der Waals surface area contributed by atoms with Crippen molar-refractivity contribution in [1.82, 2.24) is 5.32 Å². The van der Waals surface area contributed by atoms with Crippen LogP contribution in [0.4, 0.5) is 0 Å². The van der Waals surface area contributed by atoms with Gasteiger partial charge in [0.15, 0.2) is 0 Å². The van der Waals surface area contributed by atoms with Gasteiger partial charge < -0.3 is 5.32 Å². The minimum atomic E-state index is 0.714. The van der Waals surface area contributed by atoms with E-state index in [9.17, 15) is 0 Å². The number of nitrogens with zero attached hydrogens (tertiary/aromatic N) is 1. The predicted octanol–water partition coefficient (Wildman–Crippen LogP) is 2.06. The summed E-state index contributed by atoms with van der Waals surface area (Å²) in [5, 5.41) is 12.1. The molecule has 72 valence electrons. The molecule has 0 amide bonds. The zero-order valence-electron chi connectivity index (χ0n) is 8.33. The molecule has 1 aromatic rings. The van der Waals surface area contributed by atoms with Crippen molar-refractivity contribution in [2.24, 2.45) is 5.92 Å². The van der Waals surface area contributed by atoms with Gasteiger partial charge in [-0.05, 0) is 30.0 Å². The first kappa shape index (κ1) is 9.23. The Hall–Kier alpha value is -1.33. The Kier molecular flexibility index (Phi) is 2.51. The van der Waals surface area contributed by atoms with E-state index < -0.39 is 0 Å². The molecule has 1 aliphatic rings. The van der Waals surface area contributed by atoms with E-state index in [0.717, 1.165) is 18.0 Å². The quantitative estimate of drug-likeness (QED) is 0.784. The Balaban J connectivity index is 1.87. The fraction of sp³-hybridized carbons (Fsp3) is 0.417. The van der Waals surface area contributed by atoms with Gasteiger partial charge in [-0.25, -0.2) is 0 Å². The van der Waals surface area contributed by atoms with Gasteiger partial charge in [-0.3, -0.25) is 0 Å². The van der Waals surface area contributed by atoms with Crippen LogP contribution >= 0.6 is 0 Å². The second-order valence-corrected chi connectivity index (χ2v) is 4.01. The summed E-state index contributed by atoms with van der Waals surface area (Å²) >= 11 is 0. The summed E-state index contributed by atoms with van der Waals surface area (Å²) in [6.07, 6.45) is 1.30. The molecule has 0 radical (unpaired) electrons. The Labute approximate surface area is 84.6 Å². The van der Waals surface area contributed by atoms with E-state index in [4.69, 9.17) is 5.26 Å². The van der Waals surface area contributed by atoms with Gasteiger partial charge in [0, 0.05) is 12.6 Å². The molecule has 14 heavy (non-hydrogen) atoms. The van der Waals surface area contributed by atoms with Crippen molar-refractivity contribution in [2.45, 2.75) is 25.9 Å². The van der Waals surface area contributed by atoms with Crippen molar-refractivity contribution < 1.29 is 0 Å². The monoisotopic (exact) mass is 186 g/mol. The number of hydrogen-bond acceptors (Lipinski definition) is 2. The van der Waals surface area contributed by atoms with Crippen LogP contribution in [0.3, 0.4) is 0 Å². The predicted molar refractivity (Wildman–Crippen MR) is 55.6 cm³/mol. The molecule has 0 aromatic heterocycles. The zero-order valence-corrected chi connectivity index (χ0v) is 8.33. The van der Waals surface area contributed by atoms with Gasteiger partial charge in [-0.2, -0.15) is 5.26 Å². The van der Waals surface area contributed by atoms with Crippen LogP contribution in [0, 0.1) is 17.2 Å². The van der Waals surface area contributed by atoms with E-state index in [-0.39, 0.29) is 0 Å². The number of rotatable bonds is 3. The maximum Gasteiger partial charge on any atom is 0.0991 e. The van der Waals surface area contributed by atoms with Crippen molar-refractivity contribution in [1.29, 1.82) is 5.26 Å². The lowest BCUT2D eigenvalue weighted by Gasteiger charge is -2.02. The Morgan fingerprint density at radius 2 is 2.07 bits per heavy atom. The minimum absolute atomic E-state index is 0.714. The van der Waals surface area contributed by atoms with Gasteiger partial charge in [-0.15, -0.1) is 0 Å². The molecule has 2 heteroatoms. The Morgan fingerprint density at radius 3 is 2.57 bits per heavy atom. The summed E-state index contributed by atoms with van der Waals surface area (Å²) in [7, 11) is 0. The molecule has 2 unspecified atom stereocenters. The normalized spacial score (nSPS) is 24.3. The maximum atomic E-state index is 8.63. The zero-order chi connectivity index (χ0) is 9.97. The van der Waals surface area contributed by atoms with Crippen LogP contribution in [0.25, 0.3) is 0 Å². The maximum absolute atomic E-state index is 8.63. The lowest BCUT2D eigenvalue weighted by Crippen LogP contribution is -2.16. The molecule has 1 N–H and O–H groups in total. The Bertz CT molecular complexity index is 348. The number of nitrogens with one attached hydrogen (secondary N) is 1. The van der Waals surface area contributed by atoms with Crippen LogP contribution in [0.15, 0.2) is 24.3 Å². The molecule has 1 aliphatic carbocycles. The summed E-state index contributed by atoms with van der Waals surface area (Å²) in [6, 6.07) is 10.6. The molecule has 1 aromatic carbocycles. The third-order valence-corrected chi connectivity index (χ3v) is 2.76. The summed E-state index contributed by atoms with van der Waals surface area (Å²) in [5.41, 5.74) is 1.98. The first-order chi connectivity index (χ1) is 6.79. The summed E-state index contributed by atoms with van der Waals surface area (Å²) in [6.45, 7) is 3.18. The molecule has 0 bridgehead atoms. The van der Waals surface area contributed by atoms with E-state index in [1.807, 2.05) is 24.3 Å². The Morgan fingerprint density at radius 1 is 1.43 bits per heavy atom. The SMILES string of the molecule is CC1CC1NCc1ccc(C#N)cc1. The van der Waals surface area contributed by atoms with Crippen LogP contribution in [0.5, 0.6) is 0 Å². The van der Waals surface area contributed by atoms with Crippen LogP contribution < -0.4 is 5.32 Å². The summed E-state index contributed by atoms with van der Waals surface area (Å²) in [5.74, 6) is 0.841. The average Bonchev–Trinajstić information content (AvgIpc) is 2.92. The molecule has 2 atom stereocenters. The molecule has 1 saturated carbocycles. The molecule has 0 saturated heterocycles. The van der Waals surface area contributed by atoms with Crippen LogP contribution in [-0.4, -0.2) is 6.04 Å². The van der Waals surface area contributed by atoms with E-state index >= 15 is 0 Å². The van der Waals surface area contributed by atoms with Gasteiger partial charge in [0.25, 0.3) is 0 Å². The molecular weight excluding hydrogens is 172 g/mol. The summed E-state index contributed by atoms with van der Waals surface area (Å²) in [4.78, 5) is 0. The molecule has 2 rings (SSSR count). The lowest BCUT2D eigenvalue weighted by atomic mass is 10.1. The summed E-state index contributed by atoms with van der Waals surface area (Å²) < 4.78 is 0. The van der Waals surface area contributed by atoms with E-state index in [1.165, 1.54) is 12.0 Å². The number of benzene rings is 1. The highest BCUT2D eigenvalue weighted by Gasteiger charge is 2.31. The molecule has 0 aliphatic heterocycles. The molecule has 1 fully saturated rings. The van der Waals surface area contributed by atoms with Crippen molar-refractivity contribution in [3.05, 3.63) is 35.4 Å². The molecular formula is C12H14N2. The molecule has 2 nitrogen and oxygen atoms in total. The van der Waals surface area contributed by atoms with Gasteiger partial charge in [0.1, 0.15) is 0 Å². The lowest BCUT2D eigenvalue weighted by molar-refractivity contribution is 0.652. The highest BCUT2D eigenvalue weighted by atomic mass is 15.0.